The molecule has 0 saturated heterocycles. The molecule has 0 atom stereocenters. The third-order valence-electron chi connectivity index (χ3n) is 6.22. The first kappa shape index (κ1) is 21.3. The molecular weight excluding hydrogens is 419 g/mol. The minimum atomic E-state index is -0.449. The van der Waals surface area contributed by atoms with Crippen LogP contribution in [-0.4, -0.2) is 37.0 Å². The number of hydrogen-bond acceptors (Lipinski definition) is 4. The highest BCUT2D eigenvalue weighted by Crippen LogP contribution is 2.23. The van der Waals surface area contributed by atoms with Crippen molar-refractivity contribution < 1.29 is 9.18 Å². The van der Waals surface area contributed by atoms with Gasteiger partial charge in [0, 0.05) is 25.9 Å². The Morgan fingerprint density at radius 1 is 1.09 bits per heavy atom. The predicted octanol–water partition coefficient (Wildman–Crippen LogP) is 3.82. The van der Waals surface area contributed by atoms with Gasteiger partial charge < -0.3 is 9.88 Å². The molecule has 1 N–H and O–H groups in total. The van der Waals surface area contributed by atoms with Crippen LogP contribution >= 0.6 is 0 Å². The number of hydrogen-bond donors (Lipinski definition) is 1. The topological polar surface area (TPSA) is 77.6 Å². The van der Waals surface area contributed by atoms with E-state index in [0.717, 1.165) is 43.0 Å². The molecule has 0 bridgehead atoms. The van der Waals surface area contributed by atoms with Crippen LogP contribution in [0.3, 0.4) is 0 Å². The van der Waals surface area contributed by atoms with Crippen molar-refractivity contribution >= 4 is 16.8 Å². The third kappa shape index (κ3) is 4.37. The largest absolute Gasteiger partial charge is 0.350 e. The molecule has 0 fully saturated rings. The molecule has 0 radical (unpaired) electrons. The third-order valence-corrected chi connectivity index (χ3v) is 6.22. The fourth-order valence-corrected chi connectivity index (χ4v) is 4.43. The van der Waals surface area contributed by atoms with Gasteiger partial charge in [-0.05, 0) is 37.5 Å². The summed E-state index contributed by atoms with van der Waals surface area (Å²) in [4.78, 5) is 13.0. The maximum absolute atomic E-state index is 14.7. The van der Waals surface area contributed by atoms with Crippen molar-refractivity contribution in [2.24, 2.45) is 0 Å². The average Bonchev–Trinajstić information content (AvgIpc) is 3.28. The highest BCUT2D eigenvalue weighted by atomic mass is 19.1. The van der Waals surface area contributed by atoms with Crippen LogP contribution in [0.4, 0.5) is 4.39 Å². The number of rotatable bonds is 6. The molecule has 4 aromatic rings. The predicted molar refractivity (Wildman–Crippen MR) is 124 cm³/mol. The lowest BCUT2D eigenvalue weighted by molar-refractivity contribution is 0.0949. The van der Waals surface area contributed by atoms with Gasteiger partial charge in [-0.1, -0.05) is 42.3 Å². The molecule has 2 aromatic heterocycles. The second-order valence-electron chi connectivity index (χ2n) is 8.63. The van der Waals surface area contributed by atoms with E-state index in [0.29, 0.717) is 25.0 Å². The first-order valence-electron chi connectivity index (χ1n) is 11.5. The van der Waals surface area contributed by atoms with Crippen LogP contribution in [0.25, 0.3) is 10.9 Å². The molecule has 0 unspecified atom stereocenters. The molecule has 1 amide bonds. The summed E-state index contributed by atoms with van der Waals surface area (Å²) in [7, 11) is 0. The van der Waals surface area contributed by atoms with E-state index in [1.54, 1.807) is 16.8 Å². The summed E-state index contributed by atoms with van der Waals surface area (Å²) in [5, 5.41) is 16.3. The number of aryl methyl sites for hydroxylation is 2. The molecule has 3 heterocycles. The molecule has 0 saturated carbocycles. The smallest absolute Gasteiger partial charge is 0.272 e. The number of benzene rings is 2. The summed E-state index contributed by atoms with van der Waals surface area (Å²) in [5.41, 5.74) is 2.91. The maximum Gasteiger partial charge on any atom is 0.272 e. The highest BCUT2D eigenvalue weighted by molar-refractivity contribution is 6.05. The van der Waals surface area contributed by atoms with E-state index in [9.17, 15) is 9.18 Å². The lowest BCUT2D eigenvalue weighted by Crippen LogP contribution is -2.27. The van der Waals surface area contributed by atoms with E-state index < -0.39 is 5.82 Å². The summed E-state index contributed by atoms with van der Waals surface area (Å²) >= 11 is 0. The van der Waals surface area contributed by atoms with Crippen molar-refractivity contribution in [1.82, 2.24) is 29.9 Å². The van der Waals surface area contributed by atoms with Crippen LogP contribution in [0, 0.1) is 12.7 Å². The van der Waals surface area contributed by atoms with Gasteiger partial charge in [0.15, 0.2) is 5.69 Å². The molecular formula is C25H27FN6O. The monoisotopic (exact) mass is 446 g/mol. The molecule has 8 heteroatoms. The van der Waals surface area contributed by atoms with Gasteiger partial charge in [0.1, 0.15) is 17.5 Å². The lowest BCUT2D eigenvalue weighted by Gasteiger charge is -2.07. The summed E-state index contributed by atoms with van der Waals surface area (Å²) < 4.78 is 18.6. The van der Waals surface area contributed by atoms with Crippen molar-refractivity contribution in [1.29, 1.82) is 0 Å². The van der Waals surface area contributed by atoms with E-state index in [4.69, 9.17) is 0 Å². The van der Waals surface area contributed by atoms with E-state index in [2.05, 4.69) is 25.2 Å². The zero-order valence-corrected chi connectivity index (χ0v) is 18.7. The summed E-state index contributed by atoms with van der Waals surface area (Å²) in [5.74, 6) is 1.07. The van der Waals surface area contributed by atoms with Crippen LogP contribution in [0.1, 0.15) is 52.5 Å². The summed E-state index contributed by atoms with van der Waals surface area (Å²) in [6.45, 7) is 3.80. The molecule has 1 aliphatic heterocycles. The molecule has 2 aromatic carbocycles. The molecule has 7 nitrogen and oxygen atoms in total. The second-order valence-corrected chi connectivity index (χ2v) is 8.63. The van der Waals surface area contributed by atoms with Gasteiger partial charge in [0.2, 0.25) is 0 Å². The molecule has 33 heavy (non-hydrogen) atoms. The normalized spacial score (nSPS) is 13.6. The van der Waals surface area contributed by atoms with Crippen LogP contribution in [-0.2, 0) is 25.9 Å². The Hall–Kier alpha value is -3.55. The number of amides is 1. The van der Waals surface area contributed by atoms with Crippen molar-refractivity contribution in [3.63, 3.8) is 0 Å². The van der Waals surface area contributed by atoms with E-state index >= 15 is 0 Å². The van der Waals surface area contributed by atoms with E-state index in [1.165, 1.54) is 18.1 Å². The van der Waals surface area contributed by atoms with Crippen molar-refractivity contribution in [2.75, 3.05) is 6.54 Å². The zero-order valence-electron chi connectivity index (χ0n) is 18.7. The lowest BCUT2D eigenvalue weighted by atomic mass is 10.1. The summed E-state index contributed by atoms with van der Waals surface area (Å²) in [6, 6.07) is 12.9. The average molecular weight is 447 g/mol. The van der Waals surface area contributed by atoms with Crippen LogP contribution < -0.4 is 5.32 Å². The SMILES string of the molecule is Cc1ccc(Cn2nc(C(=O)NCCc3nnc4n3CCCCC4)c3c(F)cccc32)cc1. The number of nitrogens with one attached hydrogen (secondary N) is 1. The van der Waals surface area contributed by atoms with E-state index in [1.807, 2.05) is 31.2 Å². The van der Waals surface area contributed by atoms with Crippen LogP contribution in [0.15, 0.2) is 42.5 Å². The molecule has 170 valence electrons. The Morgan fingerprint density at radius 2 is 1.94 bits per heavy atom. The Morgan fingerprint density at radius 3 is 2.79 bits per heavy atom. The Kier molecular flexibility index (Phi) is 5.90. The van der Waals surface area contributed by atoms with Gasteiger partial charge in [-0.3, -0.25) is 9.48 Å². The highest BCUT2D eigenvalue weighted by Gasteiger charge is 2.21. The maximum atomic E-state index is 14.7. The Balaban J connectivity index is 1.34. The van der Waals surface area contributed by atoms with Crippen LogP contribution in [0.2, 0.25) is 0 Å². The van der Waals surface area contributed by atoms with Gasteiger partial charge in [-0.15, -0.1) is 10.2 Å². The molecule has 0 aliphatic carbocycles. The fraction of sp³-hybridized carbons (Fsp3) is 0.360. The standard InChI is InChI=1S/C25H27FN6O/c1-17-9-11-18(12-10-17)16-32-20-7-5-6-19(26)23(20)24(30-32)25(33)27-14-13-22-29-28-21-8-3-2-4-15-31(21)22/h5-7,9-12H,2-4,8,13-16H2,1H3,(H,27,33). The van der Waals surface area contributed by atoms with Gasteiger partial charge >= 0.3 is 0 Å². The number of nitrogens with zero attached hydrogens (tertiary/aromatic N) is 5. The zero-order chi connectivity index (χ0) is 22.8. The second kappa shape index (κ2) is 9.13. The molecule has 1 aliphatic rings. The van der Waals surface area contributed by atoms with Crippen molar-refractivity contribution in [3.05, 3.63) is 76.8 Å². The number of aromatic nitrogens is 5. The number of carbonyl (C=O) groups is 1. The molecule has 0 spiro atoms. The Labute approximate surface area is 191 Å². The summed E-state index contributed by atoms with van der Waals surface area (Å²) in [6.07, 6.45) is 4.97. The first-order valence-corrected chi connectivity index (χ1v) is 11.5. The first-order chi connectivity index (χ1) is 16.1. The minimum Gasteiger partial charge on any atom is -0.350 e. The van der Waals surface area contributed by atoms with Crippen molar-refractivity contribution in [2.45, 2.75) is 52.1 Å². The van der Waals surface area contributed by atoms with Crippen molar-refractivity contribution in [3.8, 4) is 0 Å². The van der Waals surface area contributed by atoms with Gasteiger partial charge in [0.05, 0.1) is 17.4 Å². The minimum absolute atomic E-state index is 0.107. The van der Waals surface area contributed by atoms with Crippen LogP contribution in [0.5, 0.6) is 0 Å². The fourth-order valence-electron chi connectivity index (χ4n) is 4.43. The van der Waals surface area contributed by atoms with Gasteiger partial charge in [0.25, 0.3) is 5.91 Å². The van der Waals surface area contributed by atoms with Gasteiger partial charge in [-0.2, -0.15) is 5.10 Å². The molecule has 5 rings (SSSR count). The quantitative estimate of drug-likeness (QED) is 0.488. The number of fused-ring (bicyclic) bond motifs is 2. The van der Waals surface area contributed by atoms with E-state index in [-0.39, 0.29) is 17.0 Å². The number of carbonyl (C=O) groups excluding carboxylic acids is 1. The number of halogens is 1. The Bertz CT molecular complexity index is 1290. The van der Waals surface area contributed by atoms with Gasteiger partial charge in [-0.25, -0.2) is 4.39 Å².